The summed E-state index contributed by atoms with van der Waals surface area (Å²) in [5, 5.41) is 12.7. The fraction of sp³-hybridized carbons (Fsp3) is 0.353. The molecule has 2 N–H and O–H groups in total. The molecule has 0 fully saturated rings. The van der Waals surface area contributed by atoms with E-state index in [-0.39, 0.29) is 23.5 Å². The number of anilines is 1. The zero-order valence-corrected chi connectivity index (χ0v) is 14.1. The van der Waals surface area contributed by atoms with E-state index in [1.807, 2.05) is 0 Å². The van der Waals surface area contributed by atoms with Crippen molar-refractivity contribution >= 4 is 28.3 Å². The topological polar surface area (TPSA) is 88.5 Å². The zero-order chi connectivity index (χ0) is 17.1. The van der Waals surface area contributed by atoms with Crippen LogP contribution >= 0.6 is 11.3 Å². The summed E-state index contributed by atoms with van der Waals surface area (Å²) in [5.41, 5.74) is 1.30. The molecule has 0 saturated carbocycles. The number of hydrogen-bond donors (Lipinski definition) is 2. The number of aromatic nitrogens is 1. The van der Waals surface area contributed by atoms with Crippen LogP contribution in [0.25, 0.3) is 0 Å². The Hall–Kier alpha value is -2.41. The number of aryl methyl sites for hydroxylation is 1. The summed E-state index contributed by atoms with van der Waals surface area (Å²) >= 11 is 1.39. The molecule has 0 aliphatic heterocycles. The number of carbonyl (C=O) groups is 2. The number of amides is 1. The number of rotatable bonds is 4. The van der Waals surface area contributed by atoms with Gasteiger partial charge in [0.2, 0.25) is 0 Å². The molecular formula is C17H18N2O4S. The molecule has 126 valence electrons. The normalized spacial score (nSPS) is 16.3. The molecule has 2 aromatic rings. The molecule has 24 heavy (non-hydrogen) atoms. The van der Waals surface area contributed by atoms with E-state index >= 15 is 0 Å². The zero-order valence-electron chi connectivity index (χ0n) is 13.2. The highest BCUT2D eigenvalue weighted by molar-refractivity contribution is 7.15. The first-order chi connectivity index (χ1) is 11.6. The van der Waals surface area contributed by atoms with E-state index in [0.29, 0.717) is 30.1 Å². The number of phenols is 1. The van der Waals surface area contributed by atoms with Gasteiger partial charge in [-0.05, 0) is 44.4 Å². The highest BCUT2D eigenvalue weighted by Crippen LogP contribution is 2.33. The van der Waals surface area contributed by atoms with Gasteiger partial charge in [0, 0.05) is 10.4 Å². The molecule has 1 aromatic carbocycles. The Bertz CT molecular complexity index is 772. The van der Waals surface area contributed by atoms with Crippen molar-refractivity contribution in [3.8, 4) is 5.75 Å². The van der Waals surface area contributed by atoms with Crippen LogP contribution < -0.4 is 5.32 Å². The minimum Gasteiger partial charge on any atom is -0.508 e. The summed E-state index contributed by atoms with van der Waals surface area (Å²) in [6.45, 7) is 2.18. The third kappa shape index (κ3) is 3.56. The van der Waals surface area contributed by atoms with Gasteiger partial charge in [-0.1, -0.05) is 6.07 Å². The van der Waals surface area contributed by atoms with Gasteiger partial charge < -0.3 is 9.84 Å². The van der Waals surface area contributed by atoms with Crippen LogP contribution in [0.2, 0.25) is 0 Å². The molecule has 0 bridgehead atoms. The predicted octanol–water partition coefficient (Wildman–Crippen LogP) is 2.77. The molecule has 1 heterocycles. The summed E-state index contributed by atoms with van der Waals surface area (Å²) in [6.07, 6.45) is 2.03. The largest absolute Gasteiger partial charge is 0.508 e. The van der Waals surface area contributed by atoms with Gasteiger partial charge in [0.05, 0.1) is 18.2 Å². The molecule has 1 aliphatic carbocycles. The molecule has 3 rings (SSSR count). The Morgan fingerprint density at radius 1 is 1.46 bits per heavy atom. The molecule has 0 radical (unpaired) electrons. The van der Waals surface area contributed by atoms with E-state index in [2.05, 4.69) is 10.3 Å². The Morgan fingerprint density at radius 3 is 3.04 bits per heavy atom. The molecule has 1 aliphatic rings. The molecule has 6 nitrogen and oxygen atoms in total. The Morgan fingerprint density at radius 2 is 2.29 bits per heavy atom. The lowest BCUT2D eigenvalue weighted by Crippen LogP contribution is -2.24. The molecule has 1 aromatic heterocycles. The number of phenolic OH excluding ortho intramolecular Hbond substituents is 1. The van der Waals surface area contributed by atoms with Crippen LogP contribution in [0.1, 0.15) is 34.3 Å². The van der Waals surface area contributed by atoms with E-state index in [1.54, 1.807) is 19.1 Å². The Balaban J connectivity index is 1.70. The van der Waals surface area contributed by atoms with Crippen LogP contribution in [0.3, 0.4) is 0 Å². The fourth-order valence-corrected chi connectivity index (χ4v) is 3.79. The average molecular weight is 346 g/mol. The summed E-state index contributed by atoms with van der Waals surface area (Å²) in [7, 11) is 0. The second-order valence-corrected chi connectivity index (χ2v) is 6.67. The monoisotopic (exact) mass is 346 g/mol. The predicted molar refractivity (Wildman–Crippen MR) is 90.3 cm³/mol. The molecule has 0 saturated heterocycles. The smallest absolute Gasteiger partial charge is 0.309 e. The first-order valence-corrected chi connectivity index (χ1v) is 8.64. The second kappa shape index (κ2) is 7.00. The number of nitrogens with one attached hydrogen (secondary N) is 1. The molecule has 1 amide bonds. The van der Waals surface area contributed by atoms with Crippen molar-refractivity contribution in [2.24, 2.45) is 5.92 Å². The SMILES string of the molecule is CCOC(=O)C1CCc2nc(NC(=O)c3cccc(O)c3)sc2C1. The Labute approximate surface area is 143 Å². The first kappa shape index (κ1) is 16.4. The number of esters is 1. The van der Waals surface area contributed by atoms with Crippen molar-refractivity contribution in [2.45, 2.75) is 26.2 Å². The number of benzene rings is 1. The van der Waals surface area contributed by atoms with Crippen molar-refractivity contribution in [1.82, 2.24) is 4.98 Å². The van der Waals surface area contributed by atoms with Gasteiger partial charge >= 0.3 is 5.97 Å². The third-order valence-corrected chi connectivity index (χ3v) is 4.92. The van der Waals surface area contributed by atoms with E-state index in [0.717, 1.165) is 17.0 Å². The lowest BCUT2D eigenvalue weighted by Gasteiger charge is -2.18. The molecular weight excluding hydrogens is 328 g/mol. The van der Waals surface area contributed by atoms with E-state index in [4.69, 9.17) is 4.74 Å². The number of hydrogen-bond acceptors (Lipinski definition) is 6. The number of ether oxygens (including phenoxy) is 1. The molecule has 1 unspecified atom stereocenters. The first-order valence-electron chi connectivity index (χ1n) is 7.82. The van der Waals surface area contributed by atoms with Gasteiger partial charge in [0.25, 0.3) is 5.91 Å². The van der Waals surface area contributed by atoms with Crippen LogP contribution in [0, 0.1) is 5.92 Å². The second-order valence-electron chi connectivity index (χ2n) is 5.59. The van der Waals surface area contributed by atoms with Gasteiger partial charge in [-0.3, -0.25) is 14.9 Å². The van der Waals surface area contributed by atoms with Crippen LogP contribution in [0.15, 0.2) is 24.3 Å². The van der Waals surface area contributed by atoms with Crippen LogP contribution in [-0.2, 0) is 22.4 Å². The standard InChI is InChI=1S/C17H18N2O4S/c1-2-23-16(22)11-6-7-13-14(9-11)24-17(18-13)19-15(21)10-4-3-5-12(20)8-10/h3-5,8,11,20H,2,6-7,9H2,1H3,(H,18,19,21). The van der Waals surface area contributed by atoms with Gasteiger partial charge in [-0.2, -0.15) is 0 Å². The number of aromatic hydroxyl groups is 1. The lowest BCUT2D eigenvalue weighted by molar-refractivity contribution is -0.148. The molecule has 7 heteroatoms. The van der Waals surface area contributed by atoms with Crippen molar-refractivity contribution in [3.05, 3.63) is 40.4 Å². The van der Waals surface area contributed by atoms with E-state index < -0.39 is 0 Å². The lowest BCUT2D eigenvalue weighted by atomic mass is 9.91. The van der Waals surface area contributed by atoms with Crippen LogP contribution in [0.4, 0.5) is 5.13 Å². The maximum Gasteiger partial charge on any atom is 0.309 e. The van der Waals surface area contributed by atoms with E-state index in [9.17, 15) is 14.7 Å². The van der Waals surface area contributed by atoms with E-state index in [1.165, 1.54) is 23.5 Å². The maximum atomic E-state index is 12.2. The third-order valence-electron chi connectivity index (χ3n) is 3.89. The highest BCUT2D eigenvalue weighted by Gasteiger charge is 2.28. The van der Waals surface area contributed by atoms with Crippen molar-refractivity contribution < 1.29 is 19.4 Å². The van der Waals surface area contributed by atoms with Crippen molar-refractivity contribution in [3.63, 3.8) is 0 Å². The number of fused-ring (bicyclic) bond motifs is 1. The number of carbonyl (C=O) groups excluding carboxylic acids is 2. The van der Waals surface area contributed by atoms with Gasteiger partial charge in [0.1, 0.15) is 5.75 Å². The van der Waals surface area contributed by atoms with Gasteiger partial charge in [-0.25, -0.2) is 4.98 Å². The summed E-state index contributed by atoms with van der Waals surface area (Å²) in [5.74, 6) is -0.577. The van der Waals surface area contributed by atoms with Gasteiger partial charge in [0.15, 0.2) is 5.13 Å². The number of thiazole rings is 1. The average Bonchev–Trinajstić information content (AvgIpc) is 2.96. The fourth-order valence-electron chi connectivity index (χ4n) is 2.71. The number of nitrogens with zero attached hydrogens (tertiary/aromatic N) is 1. The van der Waals surface area contributed by atoms with Crippen LogP contribution in [0.5, 0.6) is 5.75 Å². The summed E-state index contributed by atoms with van der Waals surface area (Å²) in [4.78, 5) is 29.6. The Kier molecular flexibility index (Phi) is 4.80. The highest BCUT2D eigenvalue weighted by atomic mass is 32.1. The van der Waals surface area contributed by atoms with Crippen LogP contribution in [-0.4, -0.2) is 28.6 Å². The van der Waals surface area contributed by atoms with Crippen molar-refractivity contribution in [2.75, 3.05) is 11.9 Å². The minimum atomic E-state index is -0.320. The molecule has 1 atom stereocenters. The molecule has 0 spiro atoms. The summed E-state index contributed by atoms with van der Waals surface area (Å²) in [6, 6.07) is 6.15. The van der Waals surface area contributed by atoms with Gasteiger partial charge in [-0.15, -0.1) is 11.3 Å². The quantitative estimate of drug-likeness (QED) is 0.831. The maximum absolute atomic E-state index is 12.2. The van der Waals surface area contributed by atoms with Crippen molar-refractivity contribution in [1.29, 1.82) is 0 Å². The minimum absolute atomic E-state index is 0.0401. The summed E-state index contributed by atoms with van der Waals surface area (Å²) < 4.78 is 5.09.